The van der Waals surface area contributed by atoms with E-state index in [1.165, 1.54) is 26.4 Å². The largest absolute Gasteiger partial charge is 0.493 e. The van der Waals surface area contributed by atoms with Crippen molar-refractivity contribution in [3.8, 4) is 11.5 Å². The quantitative estimate of drug-likeness (QED) is 0.885. The second-order valence-electron chi connectivity index (χ2n) is 4.18. The van der Waals surface area contributed by atoms with Crippen LogP contribution < -0.4 is 14.8 Å². The number of ether oxygens (including phenoxy) is 2. The van der Waals surface area contributed by atoms with E-state index in [1.54, 1.807) is 0 Å². The van der Waals surface area contributed by atoms with Crippen LogP contribution in [0, 0.1) is 0 Å². The predicted octanol–water partition coefficient (Wildman–Crippen LogP) is 4.08. The topological polar surface area (TPSA) is 60.5 Å². The molecule has 23 heavy (non-hydrogen) atoms. The Morgan fingerprint density at radius 1 is 1.30 bits per heavy atom. The number of halogens is 4. The van der Waals surface area contributed by atoms with Crippen molar-refractivity contribution in [3.63, 3.8) is 0 Å². The summed E-state index contributed by atoms with van der Waals surface area (Å²) in [5.74, 6) is -0.199. The standard InChI is InChI=1S/C13H10ClF3N2O3S/c1-21-8-4-6(3-7(14)10(8)22-2)11(20)19-12-18-9(5-23-12)13(15,16)17/h3-5H,1-2H3,(H,18,19,20). The maximum atomic E-state index is 12.5. The number of carbonyl (C=O) groups excluding carboxylic acids is 1. The highest BCUT2D eigenvalue weighted by Gasteiger charge is 2.34. The zero-order valence-corrected chi connectivity index (χ0v) is 13.4. The van der Waals surface area contributed by atoms with E-state index in [4.69, 9.17) is 21.1 Å². The van der Waals surface area contributed by atoms with E-state index in [0.717, 1.165) is 5.38 Å². The van der Waals surface area contributed by atoms with Crippen molar-refractivity contribution in [1.29, 1.82) is 0 Å². The summed E-state index contributed by atoms with van der Waals surface area (Å²) in [6.45, 7) is 0. The lowest BCUT2D eigenvalue weighted by Gasteiger charge is -2.11. The van der Waals surface area contributed by atoms with Crippen molar-refractivity contribution in [1.82, 2.24) is 4.98 Å². The number of aromatic nitrogens is 1. The van der Waals surface area contributed by atoms with E-state index >= 15 is 0 Å². The zero-order chi connectivity index (χ0) is 17.2. The van der Waals surface area contributed by atoms with E-state index in [9.17, 15) is 18.0 Å². The van der Waals surface area contributed by atoms with Crippen LogP contribution in [0.2, 0.25) is 5.02 Å². The number of benzene rings is 1. The molecule has 0 spiro atoms. The minimum Gasteiger partial charge on any atom is -0.493 e. The molecule has 0 aliphatic carbocycles. The molecule has 1 aromatic heterocycles. The maximum Gasteiger partial charge on any atom is 0.434 e. The van der Waals surface area contributed by atoms with Gasteiger partial charge in [-0.15, -0.1) is 11.3 Å². The number of alkyl halides is 3. The third kappa shape index (κ3) is 3.85. The van der Waals surface area contributed by atoms with Crippen molar-refractivity contribution in [3.05, 3.63) is 33.8 Å². The SMILES string of the molecule is COc1cc(C(=O)Nc2nc(C(F)(F)F)cs2)cc(Cl)c1OC. The predicted molar refractivity (Wildman–Crippen MR) is 79.6 cm³/mol. The summed E-state index contributed by atoms with van der Waals surface area (Å²) in [6.07, 6.45) is -4.56. The third-order valence-electron chi connectivity index (χ3n) is 2.71. The number of anilines is 1. The Morgan fingerprint density at radius 3 is 2.52 bits per heavy atom. The number of hydrogen-bond acceptors (Lipinski definition) is 5. The number of rotatable bonds is 4. The molecule has 1 heterocycles. The molecule has 0 bridgehead atoms. The van der Waals surface area contributed by atoms with Gasteiger partial charge in [-0.05, 0) is 12.1 Å². The van der Waals surface area contributed by atoms with E-state index < -0.39 is 17.8 Å². The van der Waals surface area contributed by atoms with Gasteiger partial charge in [-0.2, -0.15) is 13.2 Å². The van der Waals surface area contributed by atoms with Crippen LogP contribution in [0.25, 0.3) is 0 Å². The van der Waals surface area contributed by atoms with Gasteiger partial charge in [0, 0.05) is 10.9 Å². The Labute approximate surface area is 138 Å². The van der Waals surface area contributed by atoms with Crippen LogP contribution in [0.5, 0.6) is 11.5 Å². The first-order valence-electron chi connectivity index (χ1n) is 6.02. The number of hydrogen-bond donors (Lipinski definition) is 1. The second kappa shape index (κ2) is 6.63. The summed E-state index contributed by atoms with van der Waals surface area (Å²) < 4.78 is 47.5. The molecule has 1 amide bonds. The maximum absolute atomic E-state index is 12.5. The van der Waals surface area contributed by atoms with Crippen LogP contribution in [0.3, 0.4) is 0 Å². The molecule has 1 aromatic carbocycles. The Kier molecular flexibility index (Phi) is 5.00. The van der Waals surface area contributed by atoms with E-state index in [-0.39, 0.29) is 27.2 Å². The summed E-state index contributed by atoms with van der Waals surface area (Å²) in [5, 5.41) is 3.06. The van der Waals surface area contributed by atoms with Crippen molar-refractivity contribution in [2.45, 2.75) is 6.18 Å². The average molecular weight is 367 g/mol. The lowest BCUT2D eigenvalue weighted by atomic mass is 10.2. The van der Waals surface area contributed by atoms with Crippen LogP contribution in [-0.2, 0) is 6.18 Å². The van der Waals surface area contributed by atoms with Crippen LogP contribution in [-0.4, -0.2) is 25.1 Å². The minimum atomic E-state index is -4.56. The summed E-state index contributed by atoms with van der Waals surface area (Å²) in [6, 6.07) is 2.68. The molecular weight excluding hydrogens is 357 g/mol. The Hall–Kier alpha value is -2.00. The molecule has 0 saturated carbocycles. The summed E-state index contributed by atoms with van der Waals surface area (Å²) in [4.78, 5) is 15.4. The van der Waals surface area contributed by atoms with Gasteiger partial charge in [-0.1, -0.05) is 11.6 Å². The fourth-order valence-corrected chi connectivity index (χ4v) is 2.68. The average Bonchev–Trinajstić information content (AvgIpc) is 2.94. The fraction of sp³-hybridized carbons (Fsp3) is 0.231. The lowest BCUT2D eigenvalue weighted by molar-refractivity contribution is -0.140. The second-order valence-corrected chi connectivity index (χ2v) is 5.45. The normalized spacial score (nSPS) is 11.2. The molecule has 0 saturated heterocycles. The molecule has 2 rings (SSSR count). The van der Waals surface area contributed by atoms with E-state index in [1.807, 2.05) is 0 Å². The molecule has 5 nitrogen and oxygen atoms in total. The molecule has 1 N–H and O–H groups in total. The smallest absolute Gasteiger partial charge is 0.434 e. The highest BCUT2D eigenvalue weighted by atomic mass is 35.5. The van der Waals surface area contributed by atoms with Crippen molar-refractivity contribution in [2.75, 3.05) is 19.5 Å². The highest BCUT2D eigenvalue weighted by Crippen LogP contribution is 2.36. The van der Waals surface area contributed by atoms with E-state index in [2.05, 4.69) is 10.3 Å². The van der Waals surface area contributed by atoms with Gasteiger partial charge in [0.15, 0.2) is 22.3 Å². The van der Waals surface area contributed by atoms with E-state index in [0.29, 0.717) is 11.3 Å². The molecule has 0 radical (unpaired) electrons. The van der Waals surface area contributed by atoms with Crippen LogP contribution in [0.1, 0.15) is 16.1 Å². The molecule has 0 aliphatic rings. The van der Waals surface area contributed by atoms with Gasteiger partial charge in [0.05, 0.1) is 19.2 Å². The van der Waals surface area contributed by atoms with Gasteiger partial charge >= 0.3 is 6.18 Å². The lowest BCUT2D eigenvalue weighted by Crippen LogP contribution is -2.13. The van der Waals surface area contributed by atoms with Gasteiger partial charge in [-0.3, -0.25) is 10.1 Å². The highest BCUT2D eigenvalue weighted by molar-refractivity contribution is 7.14. The van der Waals surface area contributed by atoms with Gasteiger partial charge < -0.3 is 9.47 Å². The number of amides is 1. The minimum absolute atomic E-state index is 0.0939. The summed E-state index contributed by atoms with van der Waals surface area (Å²) in [5.41, 5.74) is -0.973. The molecular formula is C13H10ClF3N2O3S. The molecule has 10 heteroatoms. The van der Waals surface area contributed by atoms with Gasteiger partial charge in [-0.25, -0.2) is 4.98 Å². The first-order chi connectivity index (χ1) is 10.8. The Bertz CT molecular complexity index is 734. The number of thiazole rings is 1. The Balaban J connectivity index is 2.24. The summed E-state index contributed by atoms with van der Waals surface area (Å²) >= 11 is 6.65. The number of carbonyl (C=O) groups is 1. The van der Waals surface area contributed by atoms with Crippen molar-refractivity contribution < 1.29 is 27.4 Å². The van der Waals surface area contributed by atoms with Crippen molar-refractivity contribution >= 4 is 34.0 Å². The monoisotopic (exact) mass is 366 g/mol. The van der Waals surface area contributed by atoms with Crippen LogP contribution >= 0.6 is 22.9 Å². The zero-order valence-electron chi connectivity index (χ0n) is 11.8. The molecule has 124 valence electrons. The number of nitrogens with zero attached hydrogens (tertiary/aromatic N) is 1. The summed E-state index contributed by atoms with van der Waals surface area (Å²) in [7, 11) is 2.75. The van der Waals surface area contributed by atoms with Crippen LogP contribution in [0.15, 0.2) is 17.5 Å². The van der Waals surface area contributed by atoms with Gasteiger partial charge in [0.2, 0.25) is 0 Å². The van der Waals surface area contributed by atoms with Crippen molar-refractivity contribution in [2.24, 2.45) is 0 Å². The third-order valence-corrected chi connectivity index (χ3v) is 3.75. The fourth-order valence-electron chi connectivity index (χ4n) is 1.68. The van der Waals surface area contributed by atoms with Gasteiger partial charge in [0.1, 0.15) is 0 Å². The molecule has 2 aromatic rings. The number of nitrogens with one attached hydrogen (secondary N) is 1. The molecule has 0 aliphatic heterocycles. The first-order valence-corrected chi connectivity index (χ1v) is 7.27. The molecule has 0 unspecified atom stereocenters. The molecule has 0 fully saturated rings. The Morgan fingerprint density at radius 2 is 2.00 bits per heavy atom. The number of methoxy groups -OCH3 is 2. The van der Waals surface area contributed by atoms with Gasteiger partial charge in [0.25, 0.3) is 5.91 Å². The first kappa shape index (κ1) is 17.4. The molecule has 0 atom stereocenters. The van der Waals surface area contributed by atoms with Crippen LogP contribution in [0.4, 0.5) is 18.3 Å².